The summed E-state index contributed by atoms with van der Waals surface area (Å²) in [4.78, 5) is 12.4. The maximum atomic E-state index is 13.7. The Morgan fingerprint density at radius 3 is 2.52 bits per heavy atom. The van der Waals surface area contributed by atoms with Crippen molar-refractivity contribution in [2.45, 2.75) is 31.1 Å². The molecule has 1 aliphatic heterocycles. The van der Waals surface area contributed by atoms with Gasteiger partial charge < -0.3 is 14.8 Å². The largest absolute Gasteiger partial charge is 0.497 e. The van der Waals surface area contributed by atoms with Gasteiger partial charge in [-0.15, -0.1) is 0 Å². The van der Waals surface area contributed by atoms with Crippen molar-refractivity contribution >= 4 is 5.91 Å². The Morgan fingerprint density at radius 2 is 1.85 bits per heavy atom. The SMILES string of the molecule is COc1ccc(C2(CNC(=O)CCc3ccccc3F)CCOCC2)cc1. The maximum absolute atomic E-state index is 13.7. The third-order valence-electron chi connectivity index (χ3n) is 5.36. The van der Waals surface area contributed by atoms with E-state index >= 15 is 0 Å². The van der Waals surface area contributed by atoms with Crippen molar-refractivity contribution in [2.24, 2.45) is 0 Å². The molecule has 4 nitrogen and oxygen atoms in total. The van der Waals surface area contributed by atoms with Crippen molar-refractivity contribution in [3.05, 3.63) is 65.5 Å². The van der Waals surface area contributed by atoms with Gasteiger partial charge in [-0.05, 0) is 48.6 Å². The lowest BCUT2D eigenvalue weighted by Gasteiger charge is -2.38. The highest BCUT2D eigenvalue weighted by molar-refractivity contribution is 5.76. The summed E-state index contributed by atoms with van der Waals surface area (Å²) < 4.78 is 24.5. The molecule has 5 heteroatoms. The highest BCUT2D eigenvalue weighted by Gasteiger charge is 2.34. The Bertz CT molecular complexity index is 754. The molecule has 0 aromatic heterocycles. The molecule has 0 atom stereocenters. The monoisotopic (exact) mass is 371 g/mol. The molecule has 144 valence electrons. The summed E-state index contributed by atoms with van der Waals surface area (Å²) in [5, 5.41) is 3.06. The molecule has 1 heterocycles. The predicted molar refractivity (Wildman–Crippen MR) is 102 cm³/mol. The zero-order valence-electron chi connectivity index (χ0n) is 15.7. The Balaban J connectivity index is 1.62. The maximum Gasteiger partial charge on any atom is 0.220 e. The van der Waals surface area contributed by atoms with Crippen LogP contribution in [0.4, 0.5) is 4.39 Å². The van der Waals surface area contributed by atoms with E-state index in [9.17, 15) is 9.18 Å². The normalized spacial score (nSPS) is 15.9. The van der Waals surface area contributed by atoms with E-state index in [4.69, 9.17) is 9.47 Å². The van der Waals surface area contributed by atoms with Crippen molar-refractivity contribution < 1.29 is 18.7 Å². The number of rotatable bonds is 7. The molecule has 1 fully saturated rings. The Morgan fingerprint density at radius 1 is 1.15 bits per heavy atom. The van der Waals surface area contributed by atoms with Gasteiger partial charge in [0.25, 0.3) is 0 Å². The molecule has 0 radical (unpaired) electrons. The van der Waals surface area contributed by atoms with Gasteiger partial charge in [0.15, 0.2) is 0 Å². The minimum Gasteiger partial charge on any atom is -0.497 e. The van der Waals surface area contributed by atoms with Gasteiger partial charge in [0.2, 0.25) is 5.91 Å². The van der Waals surface area contributed by atoms with Crippen LogP contribution in [0.15, 0.2) is 48.5 Å². The summed E-state index contributed by atoms with van der Waals surface area (Å²) in [7, 11) is 1.65. The molecule has 1 saturated heterocycles. The van der Waals surface area contributed by atoms with Crippen LogP contribution in [0.1, 0.15) is 30.4 Å². The quantitative estimate of drug-likeness (QED) is 0.808. The highest BCUT2D eigenvalue weighted by atomic mass is 19.1. The van der Waals surface area contributed by atoms with E-state index in [0.29, 0.717) is 31.7 Å². The number of amides is 1. The van der Waals surface area contributed by atoms with Crippen molar-refractivity contribution in [1.82, 2.24) is 5.32 Å². The summed E-state index contributed by atoms with van der Waals surface area (Å²) in [6.07, 6.45) is 2.38. The molecule has 0 unspecified atom stereocenters. The molecule has 0 saturated carbocycles. The van der Waals surface area contributed by atoms with E-state index < -0.39 is 0 Å². The molecule has 2 aromatic rings. The first kappa shape index (κ1) is 19.4. The average molecular weight is 371 g/mol. The number of ether oxygens (including phenoxy) is 2. The second-order valence-corrected chi connectivity index (χ2v) is 6.99. The molecule has 0 spiro atoms. The van der Waals surface area contributed by atoms with Crippen LogP contribution in [0.5, 0.6) is 5.75 Å². The lowest BCUT2D eigenvalue weighted by Crippen LogP contribution is -2.44. The number of halogens is 1. The number of hydrogen-bond donors (Lipinski definition) is 1. The number of benzene rings is 2. The topological polar surface area (TPSA) is 47.6 Å². The first-order chi connectivity index (χ1) is 13.1. The molecule has 0 bridgehead atoms. The lowest BCUT2D eigenvalue weighted by molar-refractivity contribution is -0.121. The number of nitrogens with one attached hydrogen (secondary N) is 1. The van der Waals surface area contributed by atoms with Gasteiger partial charge in [-0.2, -0.15) is 0 Å². The fraction of sp³-hybridized carbons (Fsp3) is 0.409. The van der Waals surface area contributed by atoms with E-state index in [2.05, 4.69) is 17.4 Å². The van der Waals surface area contributed by atoms with Crippen LogP contribution in [0, 0.1) is 5.82 Å². The third kappa shape index (κ3) is 4.86. The Hall–Kier alpha value is -2.40. The van der Waals surface area contributed by atoms with Gasteiger partial charge in [-0.1, -0.05) is 30.3 Å². The molecule has 2 aromatic carbocycles. The van der Waals surface area contributed by atoms with E-state index in [1.807, 2.05) is 12.1 Å². The molecule has 1 N–H and O–H groups in total. The van der Waals surface area contributed by atoms with Crippen molar-refractivity contribution in [2.75, 3.05) is 26.9 Å². The molecular weight excluding hydrogens is 345 g/mol. The average Bonchev–Trinajstić information content (AvgIpc) is 2.72. The van der Waals surface area contributed by atoms with Crippen LogP contribution >= 0.6 is 0 Å². The predicted octanol–water partition coefficient (Wildman–Crippen LogP) is 3.63. The van der Waals surface area contributed by atoms with Crippen molar-refractivity contribution in [1.29, 1.82) is 0 Å². The minimum atomic E-state index is -0.260. The number of carbonyl (C=O) groups is 1. The van der Waals surface area contributed by atoms with Crippen LogP contribution < -0.4 is 10.1 Å². The second-order valence-electron chi connectivity index (χ2n) is 6.99. The first-order valence-corrected chi connectivity index (χ1v) is 9.35. The van der Waals surface area contributed by atoms with Crippen molar-refractivity contribution in [3.8, 4) is 5.75 Å². The second kappa shape index (κ2) is 9.00. The van der Waals surface area contributed by atoms with Gasteiger partial charge in [0.1, 0.15) is 11.6 Å². The van der Waals surface area contributed by atoms with Crippen LogP contribution in [-0.2, 0) is 21.4 Å². The minimum absolute atomic E-state index is 0.0577. The number of carbonyl (C=O) groups excluding carboxylic acids is 1. The standard InChI is InChI=1S/C22H26FNO3/c1-26-19-9-7-18(8-10-19)22(12-14-27-15-13-22)16-24-21(25)11-6-17-4-2-3-5-20(17)23/h2-5,7-10H,6,11-16H2,1H3,(H,24,25). The lowest BCUT2D eigenvalue weighted by atomic mass is 9.74. The number of aryl methyl sites for hydroxylation is 1. The molecule has 27 heavy (non-hydrogen) atoms. The zero-order valence-corrected chi connectivity index (χ0v) is 15.7. The molecule has 0 aliphatic carbocycles. The molecular formula is C22H26FNO3. The third-order valence-corrected chi connectivity index (χ3v) is 5.36. The summed E-state index contributed by atoms with van der Waals surface area (Å²) in [5.74, 6) is 0.497. The summed E-state index contributed by atoms with van der Waals surface area (Å²) in [5.41, 5.74) is 1.61. The van der Waals surface area contributed by atoms with Crippen LogP contribution in [0.2, 0.25) is 0 Å². The molecule has 1 amide bonds. The summed E-state index contributed by atoms with van der Waals surface area (Å²) in [6, 6.07) is 14.6. The highest BCUT2D eigenvalue weighted by Crippen LogP contribution is 2.35. The van der Waals surface area contributed by atoms with Crippen LogP contribution in [0.3, 0.4) is 0 Å². The van der Waals surface area contributed by atoms with E-state index in [0.717, 1.165) is 18.6 Å². The van der Waals surface area contributed by atoms with Gasteiger partial charge in [0, 0.05) is 31.6 Å². The first-order valence-electron chi connectivity index (χ1n) is 9.35. The Kier molecular flexibility index (Phi) is 6.45. The van der Waals surface area contributed by atoms with Gasteiger partial charge in [-0.3, -0.25) is 4.79 Å². The van der Waals surface area contributed by atoms with Gasteiger partial charge >= 0.3 is 0 Å². The zero-order chi connectivity index (χ0) is 19.1. The van der Waals surface area contributed by atoms with Crippen molar-refractivity contribution in [3.63, 3.8) is 0 Å². The Labute approximate surface area is 159 Å². The van der Waals surface area contributed by atoms with E-state index in [1.54, 1.807) is 25.3 Å². The van der Waals surface area contributed by atoms with Gasteiger partial charge in [-0.25, -0.2) is 4.39 Å². The van der Waals surface area contributed by atoms with E-state index in [1.165, 1.54) is 11.6 Å². The number of hydrogen-bond acceptors (Lipinski definition) is 3. The molecule has 1 aliphatic rings. The fourth-order valence-electron chi connectivity index (χ4n) is 3.58. The fourth-order valence-corrected chi connectivity index (χ4v) is 3.58. The van der Waals surface area contributed by atoms with E-state index in [-0.39, 0.29) is 23.6 Å². The smallest absolute Gasteiger partial charge is 0.220 e. The number of methoxy groups -OCH3 is 1. The summed E-state index contributed by atoms with van der Waals surface area (Å²) >= 11 is 0. The molecule has 3 rings (SSSR count). The van der Waals surface area contributed by atoms with Crippen LogP contribution in [-0.4, -0.2) is 32.8 Å². The van der Waals surface area contributed by atoms with Crippen LogP contribution in [0.25, 0.3) is 0 Å². The summed E-state index contributed by atoms with van der Waals surface area (Å²) in [6.45, 7) is 1.91. The van der Waals surface area contributed by atoms with Gasteiger partial charge in [0.05, 0.1) is 7.11 Å².